The molecule has 0 unspecified atom stereocenters. The molecule has 0 spiro atoms. The van der Waals surface area contributed by atoms with Crippen LogP contribution in [0.3, 0.4) is 0 Å². The zero-order chi connectivity index (χ0) is 32.5. The summed E-state index contributed by atoms with van der Waals surface area (Å²) in [6, 6.07) is 30.9. The zero-order valence-electron chi connectivity index (χ0n) is 25.7. The van der Waals surface area contributed by atoms with Crippen molar-refractivity contribution in [1.82, 2.24) is 10.2 Å². The first-order chi connectivity index (χ1) is 22.2. The number of methoxy groups -OCH3 is 1. The van der Waals surface area contributed by atoms with E-state index in [0.717, 1.165) is 45.6 Å². The lowest BCUT2D eigenvalue weighted by Crippen LogP contribution is -2.54. The quantitative estimate of drug-likeness (QED) is 0.175. The van der Waals surface area contributed by atoms with Gasteiger partial charge in [-0.25, -0.2) is 8.42 Å². The number of anilines is 1. The predicted octanol–water partition coefficient (Wildman–Crippen LogP) is 6.35. The van der Waals surface area contributed by atoms with Crippen molar-refractivity contribution in [2.45, 2.75) is 55.6 Å². The highest BCUT2D eigenvalue weighted by Crippen LogP contribution is 2.28. The molecule has 240 valence electrons. The van der Waals surface area contributed by atoms with Crippen molar-refractivity contribution >= 4 is 43.5 Å². The van der Waals surface area contributed by atoms with E-state index in [-0.39, 0.29) is 35.5 Å². The number of hydrogen-bond donors (Lipinski definition) is 1. The topological polar surface area (TPSA) is 96.0 Å². The molecular formula is C36H38BrN3O5S. The molecule has 10 heteroatoms. The van der Waals surface area contributed by atoms with Crippen LogP contribution in [0.15, 0.2) is 119 Å². The third-order valence-electron chi connectivity index (χ3n) is 8.17. The van der Waals surface area contributed by atoms with Gasteiger partial charge < -0.3 is 15.0 Å². The minimum atomic E-state index is -4.19. The number of sulfonamides is 1. The second kappa shape index (κ2) is 15.4. The summed E-state index contributed by atoms with van der Waals surface area (Å²) in [6.45, 7) is -0.425. The van der Waals surface area contributed by atoms with E-state index in [2.05, 4.69) is 21.2 Å². The molecule has 1 aliphatic carbocycles. The highest BCUT2D eigenvalue weighted by atomic mass is 79.9. The number of amides is 2. The van der Waals surface area contributed by atoms with Gasteiger partial charge in [-0.15, -0.1) is 0 Å². The van der Waals surface area contributed by atoms with Crippen LogP contribution in [0.4, 0.5) is 5.69 Å². The van der Waals surface area contributed by atoms with Gasteiger partial charge in [0.2, 0.25) is 11.8 Å². The van der Waals surface area contributed by atoms with Gasteiger partial charge in [-0.1, -0.05) is 95.5 Å². The van der Waals surface area contributed by atoms with Gasteiger partial charge in [0.25, 0.3) is 10.0 Å². The van der Waals surface area contributed by atoms with Crippen LogP contribution < -0.4 is 14.4 Å². The van der Waals surface area contributed by atoms with Gasteiger partial charge in [0, 0.05) is 29.5 Å². The monoisotopic (exact) mass is 703 g/mol. The molecule has 8 nitrogen and oxygen atoms in total. The predicted molar refractivity (Wildman–Crippen MR) is 183 cm³/mol. The molecule has 4 aromatic carbocycles. The van der Waals surface area contributed by atoms with Crippen molar-refractivity contribution < 1.29 is 22.7 Å². The molecule has 0 aliphatic heterocycles. The van der Waals surface area contributed by atoms with Crippen molar-refractivity contribution in [3.8, 4) is 5.75 Å². The Morgan fingerprint density at radius 2 is 1.52 bits per heavy atom. The maximum Gasteiger partial charge on any atom is 0.264 e. The first-order valence-electron chi connectivity index (χ1n) is 15.3. The smallest absolute Gasteiger partial charge is 0.264 e. The zero-order valence-corrected chi connectivity index (χ0v) is 28.1. The van der Waals surface area contributed by atoms with Crippen LogP contribution >= 0.6 is 15.9 Å². The molecule has 4 aromatic rings. The van der Waals surface area contributed by atoms with Gasteiger partial charge in [-0.2, -0.15) is 0 Å². The van der Waals surface area contributed by atoms with E-state index in [1.165, 1.54) is 24.1 Å². The SMILES string of the molecule is COc1cccc(N(CC(=O)N(Cc2cccc(Br)c2)[C@@H](Cc2ccccc2)C(=O)NC2CCCC2)S(=O)(=O)c2ccccc2)c1. The lowest BCUT2D eigenvalue weighted by Gasteiger charge is -2.34. The summed E-state index contributed by atoms with van der Waals surface area (Å²) in [6.07, 6.45) is 4.14. The highest BCUT2D eigenvalue weighted by Gasteiger charge is 2.35. The third kappa shape index (κ3) is 8.35. The average Bonchev–Trinajstić information content (AvgIpc) is 3.59. The van der Waals surface area contributed by atoms with E-state index in [0.29, 0.717) is 5.75 Å². The van der Waals surface area contributed by atoms with Crippen LogP contribution in [0.2, 0.25) is 0 Å². The molecular weight excluding hydrogens is 666 g/mol. The summed E-state index contributed by atoms with van der Waals surface area (Å²) < 4.78 is 35.6. The van der Waals surface area contributed by atoms with E-state index in [9.17, 15) is 18.0 Å². The van der Waals surface area contributed by atoms with Crippen LogP contribution in [-0.4, -0.2) is 50.9 Å². The molecule has 0 saturated heterocycles. The van der Waals surface area contributed by atoms with Gasteiger partial charge in [-0.05, 0) is 60.4 Å². The van der Waals surface area contributed by atoms with Gasteiger partial charge in [0.05, 0.1) is 17.7 Å². The molecule has 5 rings (SSSR count). The summed E-state index contributed by atoms with van der Waals surface area (Å²) in [5, 5.41) is 3.20. The van der Waals surface area contributed by atoms with E-state index < -0.39 is 28.5 Å². The van der Waals surface area contributed by atoms with Gasteiger partial charge in [0.15, 0.2) is 0 Å². The van der Waals surface area contributed by atoms with Crippen molar-refractivity contribution in [3.05, 3.63) is 125 Å². The highest BCUT2D eigenvalue weighted by molar-refractivity contribution is 9.10. The molecule has 2 amide bonds. The van der Waals surface area contributed by atoms with Gasteiger partial charge >= 0.3 is 0 Å². The Morgan fingerprint density at radius 1 is 0.870 bits per heavy atom. The van der Waals surface area contributed by atoms with Crippen LogP contribution in [0.25, 0.3) is 0 Å². The fourth-order valence-corrected chi connectivity index (χ4v) is 7.64. The van der Waals surface area contributed by atoms with Crippen molar-refractivity contribution in [2.24, 2.45) is 0 Å². The van der Waals surface area contributed by atoms with Gasteiger partial charge in [-0.3, -0.25) is 13.9 Å². The molecule has 1 aliphatic rings. The van der Waals surface area contributed by atoms with Crippen molar-refractivity contribution in [2.75, 3.05) is 18.0 Å². The largest absolute Gasteiger partial charge is 0.497 e. The molecule has 0 heterocycles. The second-order valence-electron chi connectivity index (χ2n) is 11.4. The number of ether oxygens (including phenoxy) is 1. The molecule has 1 saturated carbocycles. The van der Waals surface area contributed by atoms with Crippen molar-refractivity contribution in [1.29, 1.82) is 0 Å². The number of nitrogens with zero attached hydrogens (tertiary/aromatic N) is 2. The standard InChI is InChI=1S/C36H38BrN3O5S/c1-45-32-19-11-18-31(24-32)40(46(43,44)33-20-6-3-7-21-33)26-35(41)39(25-28-14-10-15-29(37)22-28)34(23-27-12-4-2-5-13-27)36(42)38-30-16-8-9-17-30/h2-7,10-15,18-22,24,30,34H,8-9,16-17,23,25-26H2,1H3,(H,38,42)/t34-/m0/s1. The first kappa shape index (κ1) is 33.2. The number of hydrogen-bond acceptors (Lipinski definition) is 5. The Labute approximate surface area is 279 Å². The molecule has 1 fully saturated rings. The fourth-order valence-electron chi connectivity index (χ4n) is 5.77. The van der Waals surface area contributed by atoms with Crippen LogP contribution in [0.5, 0.6) is 5.75 Å². The van der Waals surface area contributed by atoms with Crippen LogP contribution in [0.1, 0.15) is 36.8 Å². The summed E-state index contributed by atoms with van der Waals surface area (Å²) in [5.41, 5.74) is 1.96. The van der Waals surface area contributed by atoms with Gasteiger partial charge in [0.1, 0.15) is 18.3 Å². The van der Waals surface area contributed by atoms with E-state index in [4.69, 9.17) is 4.74 Å². The average molecular weight is 705 g/mol. The fraction of sp³-hybridized carbons (Fsp3) is 0.278. The molecule has 1 atom stereocenters. The summed E-state index contributed by atoms with van der Waals surface area (Å²) >= 11 is 3.52. The summed E-state index contributed by atoms with van der Waals surface area (Å²) in [7, 11) is -2.69. The summed E-state index contributed by atoms with van der Waals surface area (Å²) in [4.78, 5) is 30.3. The Kier molecular flexibility index (Phi) is 11.1. The number of nitrogens with one attached hydrogen (secondary N) is 1. The normalized spacial score (nSPS) is 14.0. The second-order valence-corrected chi connectivity index (χ2v) is 14.2. The first-order valence-corrected chi connectivity index (χ1v) is 17.6. The number of carbonyl (C=O) groups excluding carboxylic acids is 2. The lowest BCUT2D eigenvalue weighted by atomic mass is 10.0. The number of benzene rings is 4. The molecule has 0 bridgehead atoms. The maximum atomic E-state index is 14.6. The minimum absolute atomic E-state index is 0.0420. The maximum absolute atomic E-state index is 14.6. The molecule has 0 radical (unpaired) electrons. The van der Waals surface area contributed by atoms with Crippen molar-refractivity contribution in [3.63, 3.8) is 0 Å². The third-order valence-corrected chi connectivity index (χ3v) is 10.4. The number of rotatable bonds is 13. The van der Waals surface area contributed by atoms with E-state index in [1.54, 1.807) is 42.5 Å². The Bertz CT molecular complexity index is 1730. The lowest BCUT2D eigenvalue weighted by molar-refractivity contribution is -0.140. The molecule has 0 aromatic heterocycles. The van der Waals surface area contributed by atoms with E-state index in [1.807, 2.05) is 54.6 Å². The van der Waals surface area contributed by atoms with Crippen LogP contribution in [0, 0.1) is 0 Å². The Balaban J connectivity index is 1.57. The summed E-state index contributed by atoms with van der Waals surface area (Å²) in [5.74, 6) is -0.315. The minimum Gasteiger partial charge on any atom is -0.497 e. The Hall–Kier alpha value is -4.15. The Morgan fingerprint density at radius 3 is 2.20 bits per heavy atom. The number of halogens is 1. The number of carbonyl (C=O) groups is 2. The molecule has 46 heavy (non-hydrogen) atoms. The van der Waals surface area contributed by atoms with E-state index >= 15 is 0 Å². The van der Waals surface area contributed by atoms with Crippen LogP contribution in [-0.2, 0) is 32.6 Å². The molecule has 1 N–H and O–H groups in total.